The van der Waals surface area contributed by atoms with Crippen LogP contribution in [0.1, 0.15) is 0 Å². The molecule has 5 nitrogen and oxygen atoms in total. The third-order valence-electron chi connectivity index (χ3n) is 2.13. The van der Waals surface area contributed by atoms with Crippen LogP contribution in [0.2, 0.25) is 0 Å². The van der Waals surface area contributed by atoms with E-state index in [1.54, 1.807) is 18.2 Å². The number of ether oxygens (including phenoxy) is 3. The van der Waals surface area contributed by atoms with Crippen molar-refractivity contribution < 1.29 is 19.0 Å². The lowest BCUT2D eigenvalue weighted by molar-refractivity contribution is -0.127. The first-order valence-electron chi connectivity index (χ1n) is 4.48. The summed E-state index contributed by atoms with van der Waals surface area (Å²) in [5.41, 5.74) is 5.13. The minimum atomic E-state index is -0.756. The number of carbonyl (C=O) groups is 1. The normalized spacial score (nSPS) is 18.3. The minimum absolute atomic E-state index is 0.134. The van der Waals surface area contributed by atoms with E-state index < -0.39 is 12.0 Å². The van der Waals surface area contributed by atoms with Crippen LogP contribution < -0.4 is 19.9 Å². The molecule has 0 fully saturated rings. The molecule has 2 N–H and O–H groups in total. The van der Waals surface area contributed by atoms with Gasteiger partial charge >= 0.3 is 0 Å². The topological polar surface area (TPSA) is 70.8 Å². The van der Waals surface area contributed by atoms with Gasteiger partial charge in [-0.1, -0.05) is 6.07 Å². The van der Waals surface area contributed by atoms with Crippen LogP contribution in [0.3, 0.4) is 0 Å². The van der Waals surface area contributed by atoms with E-state index in [-0.39, 0.29) is 6.61 Å². The van der Waals surface area contributed by atoms with E-state index in [0.717, 1.165) is 0 Å². The van der Waals surface area contributed by atoms with Crippen molar-refractivity contribution >= 4 is 5.91 Å². The molecule has 0 aromatic heterocycles. The number of primary amides is 1. The zero-order valence-corrected chi connectivity index (χ0v) is 8.23. The predicted octanol–water partition coefficient (Wildman–Crippen LogP) is 0.320. The van der Waals surface area contributed by atoms with Crippen LogP contribution in [0.25, 0.3) is 0 Å². The molecule has 1 unspecified atom stereocenters. The number of fused-ring (bicyclic) bond motifs is 1. The van der Waals surface area contributed by atoms with Crippen molar-refractivity contribution in [3.63, 3.8) is 0 Å². The molecule has 1 aromatic carbocycles. The van der Waals surface area contributed by atoms with E-state index in [2.05, 4.69) is 0 Å². The molecule has 1 heterocycles. The van der Waals surface area contributed by atoms with Crippen molar-refractivity contribution in [2.24, 2.45) is 5.73 Å². The second-order valence-electron chi connectivity index (χ2n) is 3.11. The fourth-order valence-electron chi connectivity index (χ4n) is 1.37. The molecule has 15 heavy (non-hydrogen) atoms. The Kier molecular flexibility index (Phi) is 2.37. The van der Waals surface area contributed by atoms with Crippen molar-refractivity contribution in [3.05, 3.63) is 18.2 Å². The van der Waals surface area contributed by atoms with Gasteiger partial charge < -0.3 is 19.9 Å². The monoisotopic (exact) mass is 209 g/mol. The highest BCUT2D eigenvalue weighted by molar-refractivity contribution is 5.80. The summed E-state index contributed by atoms with van der Waals surface area (Å²) in [6.07, 6.45) is -0.756. The summed E-state index contributed by atoms with van der Waals surface area (Å²) in [5.74, 6) is 0.965. The number of methoxy groups -OCH3 is 1. The van der Waals surface area contributed by atoms with Gasteiger partial charge in [-0.2, -0.15) is 0 Å². The number of para-hydroxylation sites is 1. The van der Waals surface area contributed by atoms with E-state index >= 15 is 0 Å². The Morgan fingerprint density at radius 1 is 1.60 bits per heavy atom. The molecule has 1 atom stereocenters. The van der Waals surface area contributed by atoms with Gasteiger partial charge in [-0.05, 0) is 12.1 Å². The van der Waals surface area contributed by atoms with E-state index in [4.69, 9.17) is 19.9 Å². The second kappa shape index (κ2) is 3.68. The third-order valence-corrected chi connectivity index (χ3v) is 2.13. The van der Waals surface area contributed by atoms with Gasteiger partial charge in [0, 0.05) is 0 Å². The lowest BCUT2D eigenvalue weighted by Crippen LogP contribution is -2.40. The van der Waals surface area contributed by atoms with Crippen LogP contribution in [0.4, 0.5) is 0 Å². The molecule has 0 radical (unpaired) electrons. The van der Waals surface area contributed by atoms with E-state index in [1.807, 2.05) is 0 Å². The zero-order chi connectivity index (χ0) is 10.8. The first kappa shape index (κ1) is 9.64. The molecule has 0 aliphatic carbocycles. The summed E-state index contributed by atoms with van der Waals surface area (Å²) < 4.78 is 15.8. The first-order chi connectivity index (χ1) is 7.22. The number of rotatable bonds is 2. The molecule has 1 amide bonds. The molecule has 0 bridgehead atoms. The van der Waals surface area contributed by atoms with Crippen LogP contribution in [0.5, 0.6) is 17.2 Å². The second-order valence-corrected chi connectivity index (χ2v) is 3.11. The van der Waals surface area contributed by atoms with Crippen molar-refractivity contribution in [1.82, 2.24) is 0 Å². The summed E-state index contributed by atoms with van der Waals surface area (Å²) in [4.78, 5) is 10.9. The lowest BCUT2D eigenvalue weighted by atomic mass is 10.2. The van der Waals surface area contributed by atoms with Gasteiger partial charge in [0.15, 0.2) is 11.5 Å². The highest BCUT2D eigenvalue weighted by Gasteiger charge is 2.27. The van der Waals surface area contributed by atoms with Crippen LogP contribution in [0.15, 0.2) is 18.2 Å². The number of amides is 1. The average molecular weight is 209 g/mol. The number of hydrogen-bond acceptors (Lipinski definition) is 4. The Hall–Kier alpha value is -1.91. The van der Waals surface area contributed by atoms with Gasteiger partial charge in [0.1, 0.15) is 6.61 Å². The van der Waals surface area contributed by atoms with Crippen LogP contribution in [-0.4, -0.2) is 25.7 Å². The largest absolute Gasteiger partial charge is 0.493 e. The van der Waals surface area contributed by atoms with Gasteiger partial charge in [0.2, 0.25) is 11.9 Å². The SMILES string of the molecule is COc1cccc2c1OC(C(N)=O)CO2. The molecule has 0 spiro atoms. The fourth-order valence-corrected chi connectivity index (χ4v) is 1.37. The smallest absolute Gasteiger partial charge is 0.262 e. The maximum Gasteiger partial charge on any atom is 0.262 e. The van der Waals surface area contributed by atoms with Gasteiger partial charge in [0.05, 0.1) is 7.11 Å². The van der Waals surface area contributed by atoms with E-state index in [9.17, 15) is 4.79 Å². The summed E-state index contributed by atoms with van der Waals surface area (Å²) in [7, 11) is 1.52. The van der Waals surface area contributed by atoms with Crippen LogP contribution in [-0.2, 0) is 4.79 Å². The van der Waals surface area contributed by atoms with E-state index in [1.165, 1.54) is 7.11 Å². The molecule has 1 aliphatic heterocycles. The summed E-state index contributed by atoms with van der Waals surface area (Å²) >= 11 is 0. The zero-order valence-electron chi connectivity index (χ0n) is 8.23. The maximum absolute atomic E-state index is 10.9. The molecular formula is C10H11NO4. The Balaban J connectivity index is 2.34. The molecule has 5 heteroatoms. The Bertz CT molecular complexity index is 377. The van der Waals surface area contributed by atoms with Gasteiger partial charge in [-0.3, -0.25) is 4.79 Å². The van der Waals surface area contributed by atoms with Crippen molar-refractivity contribution in [3.8, 4) is 17.2 Å². The number of benzene rings is 1. The molecule has 2 rings (SSSR count). The van der Waals surface area contributed by atoms with Gasteiger partial charge in [-0.25, -0.2) is 0 Å². The lowest BCUT2D eigenvalue weighted by Gasteiger charge is -2.25. The Labute approximate surface area is 86.7 Å². The van der Waals surface area contributed by atoms with Crippen molar-refractivity contribution in [1.29, 1.82) is 0 Å². The summed E-state index contributed by atoms with van der Waals surface area (Å²) in [6, 6.07) is 5.26. The molecule has 0 saturated heterocycles. The van der Waals surface area contributed by atoms with Crippen LogP contribution in [0, 0.1) is 0 Å². The Morgan fingerprint density at radius 2 is 2.40 bits per heavy atom. The number of carbonyl (C=O) groups excluding carboxylic acids is 1. The van der Waals surface area contributed by atoms with Crippen molar-refractivity contribution in [2.75, 3.05) is 13.7 Å². The molecule has 80 valence electrons. The molecule has 1 aromatic rings. The van der Waals surface area contributed by atoms with Gasteiger partial charge in [-0.15, -0.1) is 0 Å². The Morgan fingerprint density at radius 3 is 3.07 bits per heavy atom. The first-order valence-corrected chi connectivity index (χ1v) is 4.48. The minimum Gasteiger partial charge on any atom is -0.493 e. The van der Waals surface area contributed by atoms with E-state index in [0.29, 0.717) is 17.2 Å². The third kappa shape index (κ3) is 1.68. The average Bonchev–Trinajstić information content (AvgIpc) is 2.27. The molecule has 0 saturated carbocycles. The van der Waals surface area contributed by atoms with Crippen molar-refractivity contribution in [2.45, 2.75) is 6.10 Å². The quantitative estimate of drug-likeness (QED) is 0.761. The number of hydrogen-bond donors (Lipinski definition) is 1. The standard InChI is InChI=1S/C10H11NO4/c1-13-6-3-2-4-7-9(6)15-8(5-14-7)10(11)12/h2-4,8H,5H2,1H3,(H2,11,12). The predicted molar refractivity (Wildman–Crippen MR) is 52.1 cm³/mol. The fraction of sp³-hybridized carbons (Fsp3) is 0.300. The highest BCUT2D eigenvalue weighted by atomic mass is 16.6. The number of nitrogens with two attached hydrogens (primary N) is 1. The summed E-state index contributed by atoms with van der Waals surface area (Å²) in [6.45, 7) is 0.134. The van der Waals surface area contributed by atoms with Crippen LogP contribution >= 0.6 is 0 Å². The van der Waals surface area contributed by atoms with Gasteiger partial charge in [0.25, 0.3) is 5.91 Å². The molecule has 1 aliphatic rings. The maximum atomic E-state index is 10.9. The molecular weight excluding hydrogens is 198 g/mol. The summed E-state index contributed by atoms with van der Waals surface area (Å²) in [5, 5.41) is 0. The highest BCUT2D eigenvalue weighted by Crippen LogP contribution is 2.39.